The van der Waals surface area contributed by atoms with Gasteiger partial charge in [-0.2, -0.15) is 11.8 Å². The van der Waals surface area contributed by atoms with E-state index in [1.165, 1.54) is 6.07 Å². The number of benzene rings is 1. The largest absolute Gasteiger partial charge is 0.388 e. The van der Waals surface area contributed by atoms with E-state index >= 15 is 0 Å². The van der Waals surface area contributed by atoms with E-state index in [-0.39, 0.29) is 5.82 Å². The molecule has 1 aliphatic heterocycles. The molecular weight excluding hydrogens is 267 g/mol. The Bertz CT molecular complexity index is 356. The summed E-state index contributed by atoms with van der Waals surface area (Å²) in [4.78, 5) is 0. The maximum atomic E-state index is 13.5. The standard InChI is InChI=1S/C10H10BrFOS/c11-7-1-2-8(12)10-6(7)5-14-4-3-9(10)13/h1-2,9,13H,3-5H2/t9-/m1/s1. The number of hydrogen-bond donors (Lipinski definition) is 1. The molecule has 14 heavy (non-hydrogen) atoms. The van der Waals surface area contributed by atoms with Crippen LogP contribution >= 0.6 is 27.7 Å². The van der Waals surface area contributed by atoms with Crippen LogP contribution in [0.25, 0.3) is 0 Å². The van der Waals surface area contributed by atoms with E-state index in [9.17, 15) is 9.50 Å². The van der Waals surface area contributed by atoms with E-state index in [0.29, 0.717) is 12.0 Å². The van der Waals surface area contributed by atoms with Crippen LogP contribution in [0.3, 0.4) is 0 Å². The summed E-state index contributed by atoms with van der Waals surface area (Å²) >= 11 is 5.12. The van der Waals surface area contributed by atoms with E-state index in [1.54, 1.807) is 17.8 Å². The van der Waals surface area contributed by atoms with Crippen molar-refractivity contribution in [2.24, 2.45) is 0 Å². The van der Waals surface area contributed by atoms with Crippen molar-refractivity contribution in [1.29, 1.82) is 0 Å². The smallest absolute Gasteiger partial charge is 0.129 e. The third-order valence-corrected chi connectivity index (χ3v) is 4.12. The highest BCUT2D eigenvalue weighted by Crippen LogP contribution is 2.36. The van der Waals surface area contributed by atoms with Crippen molar-refractivity contribution >= 4 is 27.7 Å². The number of hydrogen-bond acceptors (Lipinski definition) is 2. The molecule has 1 heterocycles. The Kier molecular flexibility index (Phi) is 3.14. The molecule has 1 aromatic carbocycles. The Labute approximate surface area is 94.8 Å². The lowest BCUT2D eigenvalue weighted by Crippen LogP contribution is -2.03. The second-order valence-corrected chi connectivity index (χ2v) is 5.24. The number of fused-ring (bicyclic) bond motifs is 1. The molecule has 0 radical (unpaired) electrons. The molecule has 1 aliphatic rings. The van der Waals surface area contributed by atoms with Crippen LogP contribution in [0.5, 0.6) is 0 Å². The molecule has 0 fully saturated rings. The fourth-order valence-corrected chi connectivity index (χ4v) is 3.35. The summed E-state index contributed by atoms with van der Waals surface area (Å²) in [5, 5.41) is 9.77. The molecule has 0 bridgehead atoms. The van der Waals surface area contributed by atoms with Gasteiger partial charge in [0.15, 0.2) is 0 Å². The Morgan fingerprint density at radius 3 is 3.07 bits per heavy atom. The molecule has 0 unspecified atom stereocenters. The minimum absolute atomic E-state index is 0.293. The molecule has 76 valence electrons. The van der Waals surface area contributed by atoms with Crippen molar-refractivity contribution in [3.63, 3.8) is 0 Å². The van der Waals surface area contributed by atoms with Crippen molar-refractivity contribution in [2.45, 2.75) is 18.3 Å². The average molecular weight is 277 g/mol. The summed E-state index contributed by atoms with van der Waals surface area (Å²) in [5.41, 5.74) is 1.38. The summed E-state index contributed by atoms with van der Waals surface area (Å²) in [7, 11) is 0. The quantitative estimate of drug-likeness (QED) is 0.785. The predicted octanol–water partition coefficient (Wildman–Crippen LogP) is 3.26. The molecule has 4 heteroatoms. The van der Waals surface area contributed by atoms with Crippen molar-refractivity contribution in [2.75, 3.05) is 5.75 Å². The maximum Gasteiger partial charge on any atom is 0.129 e. The van der Waals surface area contributed by atoms with Gasteiger partial charge in [-0.3, -0.25) is 0 Å². The van der Waals surface area contributed by atoms with Crippen LogP contribution in [0.4, 0.5) is 4.39 Å². The molecule has 1 N–H and O–H groups in total. The Morgan fingerprint density at radius 2 is 2.29 bits per heavy atom. The van der Waals surface area contributed by atoms with Crippen molar-refractivity contribution < 1.29 is 9.50 Å². The van der Waals surface area contributed by atoms with E-state index in [4.69, 9.17) is 0 Å². The zero-order chi connectivity index (χ0) is 10.1. The third-order valence-electron chi connectivity index (χ3n) is 2.36. The average Bonchev–Trinajstić information content (AvgIpc) is 2.35. The second-order valence-electron chi connectivity index (χ2n) is 3.28. The molecule has 0 aromatic heterocycles. The summed E-state index contributed by atoms with van der Waals surface area (Å²) in [5.74, 6) is 1.35. The summed E-state index contributed by atoms with van der Waals surface area (Å²) in [6, 6.07) is 3.11. The molecule has 0 aliphatic carbocycles. The first-order valence-electron chi connectivity index (χ1n) is 4.42. The highest BCUT2D eigenvalue weighted by atomic mass is 79.9. The molecule has 0 saturated carbocycles. The normalized spacial score (nSPS) is 21.5. The minimum Gasteiger partial charge on any atom is -0.388 e. The maximum absolute atomic E-state index is 13.5. The van der Waals surface area contributed by atoms with Gasteiger partial charge in [-0.15, -0.1) is 0 Å². The fourth-order valence-electron chi connectivity index (χ4n) is 1.63. The van der Waals surface area contributed by atoms with Gasteiger partial charge in [-0.05, 0) is 29.9 Å². The third kappa shape index (κ3) is 1.83. The van der Waals surface area contributed by atoms with Crippen LogP contribution in [0.1, 0.15) is 23.7 Å². The lowest BCUT2D eigenvalue weighted by molar-refractivity contribution is 0.170. The molecule has 1 aromatic rings. The monoisotopic (exact) mass is 276 g/mol. The van der Waals surface area contributed by atoms with Crippen LogP contribution in [0.2, 0.25) is 0 Å². The lowest BCUT2D eigenvalue weighted by atomic mass is 10.0. The molecule has 0 amide bonds. The van der Waals surface area contributed by atoms with Crippen LogP contribution in [-0.4, -0.2) is 10.9 Å². The first-order chi connectivity index (χ1) is 6.70. The number of thioether (sulfide) groups is 1. The van der Waals surface area contributed by atoms with Gasteiger partial charge in [0.2, 0.25) is 0 Å². The van der Waals surface area contributed by atoms with Crippen molar-refractivity contribution in [1.82, 2.24) is 0 Å². The van der Waals surface area contributed by atoms with Gasteiger partial charge >= 0.3 is 0 Å². The number of rotatable bonds is 0. The van der Waals surface area contributed by atoms with Gasteiger partial charge in [0.1, 0.15) is 5.82 Å². The first-order valence-corrected chi connectivity index (χ1v) is 6.37. The summed E-state index contributed by atoms with van der Waals surface area (Å²) < 4.78 is 14.4. The topological polar surface area (TPSA) is 20.2 Å². The Morgan fingerprint density at radius 1 is 1.50 bits per heavy atom. The second kappa shape index (κ2) is 4.21. The van der Waals surface area contributed by atoms with Gasteiger partial charge in [0.05, 0.1) is 6.10 Å². The number of halogens is 2. The van der Waals surface area contributed by atoms with E-state index in [1.807, 2.05) is 0 Å². The van der Waals surface area contributed by atoms with E-state index in [0.717, 1.165) is 21.5 Å². The summed E-state index contributed by atoms with van der Waals surface area (Å²) in [6.07, 6.45) is -0.0251. The van der Waals surface area contributed by atoms with E-state index < -0.39 is 6.10 Å². The zero-order valence-electron chi connectivity index (χ0n) is 7.46. The molecule has 2 rings (SSSR count). The number of aliphatic hydroxyl groups excluding tert-OH is 1. The highest BCUT2D eigenvalue weighted by molar-refractivity contribution is 9.10. The van der Waals surface area contributed by atoms with Crippen molar-refractivity contribution in [3.05, 3.63) is 33.5 Å². The molecule has 0 spiro atoms. The van der Waals surface area contributed by atoms with Gasteiger partial charge in [0.25, 0.3) is 0 Å². The molecular formula is C10H10BrFOS. The summed E-state index contributed by atoms with van der Waals surface area (Å²) in [6.45, 7) is 0. The Hall–Kier alpha value is -0.0600. The van der Waals surface area contributed by atoms with Crippen LogP contribution in [-0.2, 0) is 5.75 Å². The van der Waals surface area contributed by atoms with Crippen molar-refractivity contribution in [3.8, 4) is 0 Å². The fraction of sp³-hybridized carbons (Fsp3) is 0.400. The van der Waals surface area contributed by atoms with Gasteiger partial charge < -0.3 is 5.11 Å². The SMILES string of the molecule is O[C@@H]1CCSCc2c(Br)ccc(F)c21. The van der Waals surface area contributed by atoms with Gasteiger partial charge in [0, 0.05) is 15.8 Å². The zero-order valence-corrected chi connectivity index (χ0v) is 9.87. The van der Waals surface area contributed by atoms with Gasteiger partial charge in [-0.25, -0.2) is 4.39 Å². The van der Waals surface area contributed by atoms with Crippen LogP contribution in [0.15, 0.2) is 16.6 Å². The first kappa shape index (κ1) is 10.5. The lowest BCUT2D eigenvalue weighted by Gasteiger charge is -2.13. The minimum atomic E-state index is -0.655. The van der Waals surface area contributed by atoms with E-state index in [2.05, 4.69) is 15.9 Å². The highest BCUT2D eigenvalue weighted by Gasteiger charge is 2.22. The van der Waals surface area contributed by atoms with Crippen LogP contribution in [0, 0.1) is 5.82 Å². The van der Waals surface area contributed by atoms with Crippen LogP contribution < -0.4 is 0 Å². The molecule has 0 saturated heterocycles. The number of aliphatic hydroxyl groups is 1. The molecule has 1 atom stereocenters. The molecule has 1 nitrogen and oxygen atoms in total. The Balaban J connectivity index is 2.57. The van der Waals surface area contributed by atoms with Gasteiger partial charge in [-0.1, -0.05) is 15.9 Å². The predicted molar refractivity (Wildman–Crippen MR) is 59.8 cm³/mol.